The van der Waals surface area contributed by atoms with Crippen LogP contribution in [0.15, 0.2) is 72.3 Å². The fourth-order valence-corrected chi connectivity index (χ4v) is 10.7. The highest BCUT2D eigenvalue weighted by Gasteiger charge is 2.64. The molecular formula is C36H44O2. The van der Waals surface area contributed by atoms with E-state index in [1.807, 2.05) is 6.08 Å². The van der Waals surface area contributed by atoms with E-state index in [4.69, 9.17) is 4.74 Å². The molecule has 2 nitrogen and oxygen atoms in total. The molecule has 200 valence electrons. The predicted molar refractivity (Wildman–Crippen MR) is 153 cm³/mol. The van der Waals surface area contributed by atoms with Gasteiger partial charge in [-0.3, -0.25) is 4.79 Å². The van der Waals surface area contributed by atoms with E-state index in [1.54, 1.807) is 0 Å². The maximum absolute atomic E-state index is 12.2. The lowest BCUT2D eigenvalue weighted by Gasteiger charge is -2.59. The topological polar surface area (TPSA) is 26.3 Å². The molecule has 1 aliphatic heterocycles. The Bertz CT molecular complexity index is 1210. The van der Waals surface area contributed by atoms with Crippen LogP contribution in [0.1, 0.15) is 96.1 Å². The van der Waals surface area contributed by atoms with Crippen LogP contribution in [0.3, 0.4) is 0 Å². The Hall–Kier alpha value is -2.19. The monoisotopic (exact) mass is 508 g/mol. The first-order valence-corrected chi connectivity index (χ1v) is 15.3. The lowest BCUT2D eigenvalue weighted by atomic mass is 9.46. The number of carbonyl (C=O) groups is 1. The number of benzene rings is 2. The van der Waals surface area contributed by atoms with Crippen molar-refractivity contribution in [3.63, 3.8) is 0 Å². The molecule has 1 saturated heterocycles. The normalized spacial score (nSPS) is 41.7. The maximum Gasteiger partial charge on any atom is 0.155 e. The summed E-state index contributed by atoms with van der Waals surface area (Å²) >= 11 is 0. The molecule has 4 fully saturated rings. The van der Waals surface area contributed by atoms with E-state index in [0.29, 0.717) is 17.1 Å². The van der Waals surface area contributed by atoms with Crippen molar-refractivity contribution in [2.75, 3.05) is 0 Å². The fraction of sp³-hybridized carbons (Fsp3) is 0.583. The van der Waals surface area contributed by atoms with Crippen molar-refractivity contribution in [2.45, 2.75) is 96.2 Å². The number of allylic oxidation sites excluding steroid dienone is 1. The van der Waals surface area contributed by atoms with Gasteiger partial charge in [-0.1, -0.05) is 80.1 Å². The summed E-state index contributed by atoms with van der Waals surface area (Å²) in [6.45, 7) is 7.61. The van der Waals surface area contributed by atoms with Crippen LogP contribution in [0.4, 0.5) is 0 Å². The first-order valence-electron chi connectivity index (χ1n) is 15.3. The van der Waals surface area contributed by atoms with Gasteiger partial charge in [-0.15, -0.1) is 0 Å². The Morgan fingerprint density at radius 1 is 0.711 bits per heavy atom. The molecule has 2 aromatic rings. The standard InChI is InChI=1S/C36H44O2/c1-33-20-18-28(37)24-27(33)14-15-29-30-16-17-32(34(30,2)21-19-31(29)33)35(3)22-23-36(38-35,25-10-6-4-7-11-25)26-12-8-5-9-13-26/h4-13,24,29-32H,14-23H2,1-3H3/t29-,30-,31+,32-,33-,34-,35+/m0/s1. The van der Waals surface area contributed by atoms with Crippen molar-refractivity contribution in [1.82, 2.24) is 0 Å². The zero-order valence-electron chi connectivity index (χ0n) is 23.5. The fourth-order valence-electron chi connectivity index (χ4n) is 10.7. The van der Waals surface area contributed by atoms with Crippen molar-refractivity contribution >= 4 is 5.78 Å². The van der Waals surface area contributed by atoms with Crippen LogP contribution in [0, 0.1) is 34.5 Å². The molecule has 0 bridgehead atoms. The van der Waals surface area contributed by atoms with E-state index in [2.05, 4.69) is 81.4 Å². The van der Waals surface area contributed by atoms with E-state index in [-0.39, 0.29) is 16.6 Å². The lowest BCUT2D eigenvalue weighted by Crippen LogP contribution is -2.53. The SMILES string of the molecule is C[C@]12CC[C@@H]3[C@@H](CCC4=CC(=O)CC[C@@]43C)[C@@H]1CC[C@@H]2[C@@]1(C)CCC(c2ccccc2)(c2ccccc2)O1. The van der Waals surface area contributed by atoms with E-state index in [1.165, 1.54) is 48.8 Å². The molecule has 4 aliphatic carbocycles. The molecule has 0 aromatic heterocycles. The minimum Gasteiger partial charge on any atom is -0.359 e. The first-order chi connectivity index (χ1) is 18.3. The van der Waals surface area contributed by atoms with Crippen LogP contribution in [0.2, 0.25) is 0 Å². The van der Waals surface area contributed by atoms with Gasteiger partial charge in [0.1, 0.15) is 5.60 Å². The van der Waals surface area contributed by atoms with Gasteiger partial charge >= 0.3 is 0 Å². The summed E-state index contributed by atoms with van der Waals surface area (Å²) in [7, 11) is 0. The zero-order valence-corrected chi connectivity index (χ0v) is 23.5. The quantitative estimate of drug-likeness (QED) is 0.415. The molecule has 0 unspecified atom stereocenters. The van der Waals surface area contributed by atoms with Gasteiger partial charge in [0.15, 0.2) is 5.78 Å². The molecule has 2 aromatic carbocycles. The van der Waals surface area contributed by atoms with Gasteiger partial charge in [-0.05, 0) is 116 Å². The molecule has 0 radical (unpaired) electrons. The predicted octanol–water partition coefficient (Wildman–Crippen LogP) is 8.65. The second kappa shape index (κ2) is 8.65. The number of rotatable bonds is 3. The summed E-state index contributed by atoms with van der Waals surface area (Å²) in [5.41, 5.74) is 4.17. The number of hydrogen-bond acceptors (Lipinski definition) is 2. The Kier molecular flexibility index (Phi) is 5.65. The van der Waals surface area contributed by atoms with Gasteiger partial charge in [0.2, 0.25) is 0 Å². The third kappa shape index (κ3) is 3.44. The Labute approximate surface area is 229 Å². The van der Waals surface area contributed by atoms with Gasteiger partial charge in [0, 0.05) is 6.42 Å². The average Bonchev–Trinajstić information content (AvgIpc) is 3.49. The van der Waals surface area contributed by atoms with Gasteiger partial charge in [-0.2, -0.15) is 0 Å². The summed E-state index contributed by atoms with van der Waals surface area (Å²) in [6.07, 6.45) is 13.7. The second-order valence-electron chi connectivity index (χ2n) is 14.1. The zero-order chi connectivity index (χ0) is 26.2. The van der Waals surface area contributed by atoms with Crippen LogP contribution in [-0.2, 0) is 15.1 Å². The number of ether oxygens (including phenoxy) is 1. The number of hydrogen-bond donors (Lipinski definition) is 0. The molecular weight excluding hydrogens is 464 g/mol. The first kappa shape index (κ1) is 24.8. The molecule has 7 rings (SSSR count). The highest BCUT2D eigenvalue weighted by molar-refractivity contribution is 5.91. The number of ketones is 1. The molecule has 0 amide bonds. The molecule has 7 atom stereocenters. The van der Waals surface area contributed by atoms with Crippen molar-refractivity contribution in [3.8, 4) is 0 Å². The van der Waals surface area contributed by atoms with Gasteiger partial charge in [0.05, 0.1) is 5.60 Å². The van der Waals surface area contributed by atoms with Crippen LogP contribution in [-0.4, -0.2) is 11.4 Å². The minimum absolute atomic E-state index is 0.122. The van der Waals surface area contributed by atoms with E-state index >= 15 is 0 Å². The number of carbonyl (C=O) groups excluding carboxylic acids is 1. The lowest BCUT2D eigenvalue weighted by molar-refractivity contribution is -0.150. The summed E-state index contributed by atoms with van der Waals surface area (Å²) in [6, 6.07) is 22.0. The van der Waals surface area contributed by atoms with Crippen molar-refractivity contribution in [2.24, 2.45) is 34.5 Å². The molecule has 1 heterocycles. The molecule has 0 spiro atoms. The molecule has 3 saturated carbocycles. The molecule has 38 heavy (non-hydrogen) atoms. The van der Waals surface area contributed by atoms with Crippen LogP contribution < -0.4 is 0 Å². The average molecular weight is 509 g/mol. The third-order valence-corrected chi connectivity index (χ3v) is 12.6. The largest absolute Gasteiger partial charge is 0.359 e. The molecule has 2 heteroatoms. The van der Waals surface area contributed by atoms with Crippen molar-refractivity contribution in [1.29, 1.82) is 0 Å². The van der Waals surface area contributed by atoms with Crippen LogP contribution >= 0.6 is 0 Å². The second-order valence-corrected chi connectivity index (χ2v) is 14.1. The third-order valence-electron chi connectivity index (χ3n) is 12.6. The van der Waals surface area contributed by atoms with E-state index in [0.717, 1.165) is 49.9 Å². The van der Waals surface area contributed by atoms with Crippen molar-refractivity contribution in [3.05, 3.63) is 83.4 Å². The van der Waals surface area contributed by atoms with Gasteiger partial charge in [-0.25, -0.2) is 0 Å². The minimum atomic E-state index is -0.366. The Balaban J connectivity index is 1.21. The highest BCUT2D eigenvalue weighted by Crippen LogP contribution is 2.69. The smallest absolute Gasteiger partial charge is 0.155 e. The van der Waals surface area contributed by atoms with Crippen LogP contribution in [0.25, 0.3) is 0 Å². The van der Waals surface area contributed by atoms with Gasteiger partial charge in [0.25, 0.3) is 0 Å². The number of fused-ring (bicyclic) bond motifs is 5. The van der Waals surface area contributed by atoms with Crippen molar-refractivity contribution < 1.29 is 9.53 Å². The summed E-state index contributed by atoms with van der Waals surface area (Å²) < 4.78 is 7.51. The van der Waals surface area contributed by atoms with Crippen LogP contribution in [0.5, 0.6) is 0 Å². The maximum atomic E-state index is 12.2. The highest BCUT2D eigenvalue weighted by atomic mass is 16.5. The summed E-state index contributed by atoms with van der Waals surface area (Å²) in [4.78, 5) is 12.2. The van der Waals surface area contributed by atoms with Gasteiger partial charge < -0.3 is 4.74 Å². The molecule has 5 aliphatic rings. The summed E-state index contributed by atoms with van der Waals surface area (Å²) in [5.74, 6) is 3.28. The Morgan fingerprint density at radius 2 is 1.39 bits per heavy atom. The van der Waals surface area contributed by atoms with E-state index < -0.39 is 0 Å². The van der Waals surface area contributed by atoms with E-state index in [9.17, 15) is 4.79 Å². The molecule has 0 N–H and O–H groups in total. The Morgan fingerprint density at radius 3 is 2.08 bits per heavy atom. The summed E-state index contributed by atoms with van der Waals surface area (Å²) in [5, 5.41) is 0.